The fourth-order valence-corrected chi connectivity index (χ4v) is 3.81. The van der Waals surface area contributed by atoms with Crippen molar-refractivity contribution < 1.29 is 13.2 Å². The van der Waals surface area contributed by atoms with E-state index in [-0.39, 0.29) is 29.4 Å². The predicted molar refractivity (Wildman–Crippen MR) is 118 cm³/mol. The quantitative estimate of drug-likeness (QED) is 0.332. The molecule has 154 valence electrons. The molecule has 1 saturated carbocycles. The second-order valence-corrected chi connectivity index (χ2v) is 8.15. The van der Waals surface area contributed by atoms with Crippen LogP contribution in [0.25, 0.3) is 0 Å². The van der Waals surface area contributed by atoms with E-state index >= 15 is 0 Å². The molecule has 9 heteroatoms. The minimum absolute atomic E-state index is 0. The molecule has 0 atom stereocenters. The minimum Gasteiger partial charge on any atom is -0.356 e. The van der Waals surface area contributed by atoms with Crippen LogP contribution in [-0.2, 0) is 18.0 Å². The van der Waals surface area contributed by atoms with E-state index in [0.29, 0.717) is 19.0 Å². The third-order valence-corrected chi connectivity index (χ3v) is 5.75. The highest BCUT2D eigenvalue weighted by Crippen LogP contribution is 2.48. The normalized spacial score (nSPS) is 15.7. The average molecular weight is 524 g/mol. The molecular weight excluding hydrogens is 500 g/mol. The third-order valence-electron chi connectivity index (χ3n) is 4.77. The zero-order valence-corrected chi connectivity index (χ0v) is 18.9. The van der Waals surface area contributed by atoms with Crippen molar-refractivity contribution in [2.75, 3.05) is 20.1 Å². The first-order valence-corrected chi connectivity index (χ1v) is 9.68. The van der Waals surface area contributed by atoms with E-state index in [4.69, 9.17) is 0 Å². The van der Waals surface area contributed by atoms with Crippen LogP contribution in [0.5, 0.6) is 0 Å². The van der Waals surface area contributed by atoms with Crippen LogP contribution in [0.4, 0.5) is 13.2 Å². The highest BCUT2D eigenvalue weighted by atomic mass is 127. The fourth-order valence-electron chi connectivity index (χ4n) is 3.02. The van der Waals surface area contributed by atoms with Crippen LogP contribution >= 0.6 is 35.3 Å². The molecule has 0 saturated heterocycles. The molecular formula is C19H24F3IN4S. The molecule has 4 nitrogen and oxygen atoms in total. The molecule has 1 aromatic carbocycles. The Hall–Kier alpha value is -1.36. The average Bonchev–Trinajstić information content (AvgIpc) is 3.32. The number of halogens is 4. The topological polar surface area (TPSA) is 49.3 Å². The molecule has 2 aromatic rings. The van der Waals surface area contributed by atoms with Gasteiger partial charge in [-0.15, -0.1) is 35.3 Å². The summed E-state index contributed by atoms with van der Waals surface area (Å²) in [5, 5.41) is 7.57. The second kappa shape index (κ2) is 9.43. The van der Waals surface area contributed by atoms with Crippen molar-refractivity contribution in [3.63, 3.8) is 0 Å². The number of nitrogens with zero attached hydrogens (tertiary/aromatic N) is 2. The van der Waals surface area contributed by atoms with Crippen molar-refractivity contribution in [2.24, 2.45) is 4.99 Å². The maximum atomic E-state index is 13.0. The highest BCUT2D eigenvalue weighted by Gasteiger charge is 2.45. The van der Waals surface area contributed by atoms with E-state index in [1.807, 2.05) is 13.1 Å². The molecule has 0 bridgehead atoms. The zero-order valence-electron chi connectivity index (χ0n) is 15.8. The summed E-state index contributed by atoms with van der Waals surface area (Å²) in [5.41, 5.74) is -0.100. The van der Waals surface area contributed by atoms with E-state index in [1.165, 1.54) is 17.0 Å². The van der Waals surface area contributed by atoms with Gasteiger partial charge in [-0.1, -0.05) is 18.2 Å². The van der Waals surface area contributed by atoms with Crippen LogP contribution in [0.3, 0.4) is 0 Å². The smallest absolute Gasteiger partial charge is 0.356 e. The summed E-state index contributed by atoms with van der Waals surface area (Å²) in [7, 11) is 1.69. The number of nitrogens with one attached hydrogen (secondary N) is 2. The lowest BCUT2D eigenvalue weighted by Gasteiger charge is -2.20. The van der Waals surface area contributed by atoms with Crippen molar-refractivity contribution in [1.29, 1.82) is 0 Å². The number of alkyl halides is 3. The molecule has 1 aromatic heterocycles. The predicted octanol–water partition coefficient (Wildman–Crippen LogP) is 4.53. The van der Waals surface area contributed by atoms with Crippen LogP contribution in [0, 0.1) is 6.92 Å². The molecule has 3 rings (SSSR count). The summed E-state index contributed by atoms with van der Waals surface area (Å²) in [4.78, 5) is 9.72. The van der Waals surface area contributed by atoms with Crippen LogP contribution in [0.15, 0.2) is 35.5 Å². The Balaban J connectivity index is 0.00000280. The maximum absolute atomic E-state index is 13.0. The van der Waals surface area contributed by atoms with Crippen LogP contribution in [0.1, 0.15) is 33.9 Å². The number of benzene rings is 1. The summed E-state index contributed by atoms with van der Waals surface area (Å²) < 4.78 is 38.9. The van der Waals surface area contributed by atoms with E-state index in [1.54, 1.807) is 24.5 Å². The van der Waals surface area contributed by atoms with E-state index in [9.17, 15) is 13.2 Å². The molecule has 1 aliphatic carbocycles. The van der Waals surface area contributed by atoms with Crippen molar-refractivity contribution in [3.05, 3.63) is 51.5 Å². The summed E-state index contributed by atoms with van der Waals surface area (Å²) in [6.45, 7) is 3.28. The maximum Gasteiger partial charge on any atom is 0.416 e. The van der Waals surface area contributed by atoms with Gasteiger partial charge in [-0.2, -0.15) is 13.2 Å². The molecule has 28 heavy (non-hydrogen) atoms. The molecule has 2 N–H and O–H groups in total. The molecule has 0 spiro atoms. The first-order valence-electron chi connectivity index (χ1n) is 8.86. The SMILES string of the molecule is CN=C(NCCc1ncc(C)s1)NCC1(c2cccc(C(F)(F)F)c2)CC1.I. The van der Waals surface area contributed by atoms with Crippen molar-refractivity contribution in [1.82, 2.24) is 15.6 Å². The number of rotatable bonds is 6. The monoisotopic (exact) mass is 524 g/mol. The van der Waals surface area contributed by atoms with Crippen LogP contribution < -0.4 is 10.6 Å². The summed E-state index contributed by atoms with van der Waals surface area (Å²) in [6.07, 6.45) is 0.0929. The van der Waals surface area contributed by atoms with Gasteiger partial charge < -0.3 is 10.6 Å². The number of hydrogen-bond donors (Lipinski definition) is 2. The lowest BCUT2D eigenvalue weighted by atomic mass is 9.94. The van der Waals surface area contributed by atoms with Gasteiger partial charge in [0, 0.05) is 43.0 Å². The molecule has 0 amide bonds. The molecule has 1 fully saturated rings. The number of aliphatic imine (C=N–C) groups is 1. The second-order valence-electron chi connectivity index (χ2n) is 6.83. The first-order chi connectivity index (χ1) is 12.8. The van der Waals surface area contributed by atoms with Gasteiger partial charge in [-0.05, 0) is 31.4 Å². The number of thiazole rings is 1. The summed E-state index contributed by atoms with van der Waals surface area (Å²) in [5.74, 6) is 0.654. The highest BCUT2D eigenvalue weighted by molar-refractivity contribution is 14.0. The van der Waals surface area contributed by atoms with Gasteiger partial charge in [0.05, 0.1) is 10.6 Å². The first kappa shape index (κ1) is 22.9. The number of aromatic nitrogens is 1. The number of guanidine groups is 1. The van der Waals surface area contributed by atoms with Gasteiger partial charge in [0.1, 0.15) is 0 Å². The Labute approximate surface area is 184 Å². The van der Waals surface area contributed by atoms with Gasteiger partial charge in [-0.3, -0.25) is 4.99 Å². The van der Waals surface area contributed by atoms with E-state index in [2.05, 4.69) is 20.6 Å². The molecule has 1 heterocycles. The Kier molecular flexibility index (Phi) is 7.72. The Morgan fingerprint density at radius 1 is 1.29 bits per heavy atom. The fraction of sp³-hybridized carbons (Fsp3) is 0.474. The van der Waals surface area contributed by atoms with Gasteiger partial charge >= 0.3 is 6.18 Å². The molecule has 1 aliphatic rings. The lowest BCUT2D eigenvalue weighted by molar-refractivity contribution is -0.137. The van der Waals surface area contributed by atoms with Gasteiger partial charge in [0.25, 0.3) is 0 Å². The Bertz CT molecular complexity index is 816. The molecule has 0 aliphatic heterocycles. The molecule has 0 radical (unpaired) electrons. The number of hydrogen-bond acceptors (Lipinski definition) is 3. The largest absolute Gasteiger partial charge is 0.416 e. The Morgan fingerprint density at radius 2 is 2.04 bits per heavy atom. The Morgan fingerprint density at radius 3 is 2.61 bits per heavy atom. The zero-order chi connectivity index (χ0) is 19.5. The van der Waals surface area contributed by atoms with Gasteiger partial charge in [0.15, 0.2) is 5.96 Å². The number of aryl methyl sites for hydroxylation is 1. The lowest BCUT2D eigenvalue weighted by Crippen LogP contribution is -2.42. The standard InChI is InChI=1S/C19H23F3N4S.HI/c1-13-11-25-16(27-13)6-9-24-17(23-2)26-12-18(7-8-18)14-4-3-5-15(10-14)19(20,21)22;/h3-5,10-11H,6-9,12H2,1-2H3,(H2,23,24,26);1H. The van der Waals surface area contributed by atoms with Crippen molar-refractivity contribution in [2.45, 2.75) is 37.8 Å². The molecule has 0 unspecified atom stereocenters. The van der Waals surface area contributed by atoms with E-state index < -0.39 is 11.7 Å². The van der Waals surface area contributed by atoms with Crippen LogP contribution in [-0.4, -0.2) is 31.1 Å². The van der Waals surface area contributed by atoms with Crippen molar-refractivity contribution in [3.8, 4) is 0 Å². The van der Waals surface area contributed by atoms with Gasteiger partial charge in [0.2, 0.25) is 0 Å². The third kappa shape index (κ3) is 5.82. The van der Waals surface area contributed by atoms with Crippen LogP contribution in [0.2, 0.25) is 0 Å². The van der Waals surface area contributed by atoms with Crippen molar-refractivity contribution >= 4 is 41.3 Å². The van der Waals surface area contributed by atoms with Gasteiger partial charge in [-0.25, -0.2) is 4.98 Å². The minimum atomic E-state index is -4.31. The summed E-state index contributed by atoms with van der Waals surface area (Å²) in [6, 6.07) is 5.66. The summed E-state index contributed by atoms with van der Waals surface area (Å²) >= 11 is 1.67. The van der Waals surface area contributed by atoms with E-state index in [0.717, 1.165) is 35.9 Å².